The van der Waals surface area contributed by atoms with Crippen LogP contribution in [0.2, 0.25) is 0 Å². The summed E-state index contributed by atoms with van der Waals surface area (Å²) in [5.74, 6) is -0.722. The maximum Gasteiger partial charge on any atom is 0.372 e. The normalized spacial score (nSPS) is 11.2. The monoisotopic (exact) mass is 264 g/mol. The van der Waals surface area contributed by atoms with Crippen LogP contribution in [0.3, 0.4) is 0 Å². The van der Waals surface area contributed by atoms with Gasteiger partial charge in [0.05, 0.1) is 6.54 Å². The lowest BCUT2D eigenvalue weighted by atomic mass is 10.2. The van der Waals surface area contributed by atoms with Crippen molar-refractivity contribution in [2.45, 2.75) is 33.4 Å². The SMILES string of the molecule is Cc1cc(Cn2ccn(C(C)C)c2=O)oc1C(=O)O. The Morgan fingerprint density at radius 2 is 2.11 bits per heavy atom. The summed E-state index contributed by atoms with van der Waals surface area (Å²) >= 11 is 0. The van der Waals surface area contributed by atoms with Crippen molar-refractivity contribution in [1.82, 2.24) is 9.13 Å². The Hall–Kier alpha value is -2.24. The van der Waals surface area contributed by atoms with Crippen LogP contribution in [-0.2, 0) is 6.54 Å². The fourth-order valence-electron chi connectivity index (χ4n) is 1.95. The predicted molar refractivity (Wildman–Crippen MR) is 68.6 cm³/mol. The van der Waals surface area contributed by atoms with Crippen molar-refractivity contribution in [3.63, 3.8) is 0 Å². The Labute approximate surface area is 109 Å². The number of hydrogen-bond acceptors (Lipinski definition) is 3. The summed E-state index contributed by atoms with van der Waals surface area (Å²) in [6.07, 6.45) is 3.38. The number of aromatic carboxylic acids is 1. The van der Waals surface area contributed by atoms with Crippen molar-refractivity contribution in [3.05, 3.63) is 46.0 Å². The van der Waals surface area contributed by atoms with Crippen molar-refractivity contribution in [2.75, 3.05) is 0 Å². The summed E-state index contributed by atoms with van der Waals surface area (Å²) in [6.45, 7) is 5.74. The summed E-state index contributed by atoms with van der Waals surface area (Å²) in [5, 5.41) is 8.91. The number of furan rings is 1. The summed E-state index contributed by atoms with van der Waals surface area (Å²) in [5.41, 5.74) is 0.416. The first-order valence-corrected chi connectivity index (χ1v) is 6.00. The molecule has 6 heteroatoms. The van der Waals surface area contributed by atoms with Gasteiger partial charge in [-0.3, -0.25) is 9.13 Å². The maximum absolute atomic E-state index is 12.0. The average molecular weight is 264 g/mol. The maximum atomic E-state index is 12.0. The molecule has 2 aromatic rings. The first-order chi connectivity index (χ1) is 8.90. The highest BCUT2D eigenvalue weighted by atomic mass is 16.4. The lowest BCUT2D eigenvalue weighted by Crippen LogP contribution is -2.25. The molecule has 0 bridgehead atoms. The van der Waals surface area contributed by atoms with Gasteiger partial charge < -0.3 is 9.52 Å². The van der Waals surface area contributed by atoms with E-state index < -0.39 is 5.97 Å². The minimum absolute atomic E-state index is 0.0775. The second-order valence-corrected chi connectivity index (χ2v) is 4.74. The van der Waals surface area contributed by atoms with Gasteiger partial charge in [0.25, 0.3) is 0 Å². The zero-order valence-corrected chi connectivity index (χ0v) is 11.1. The summed E-state index contributed by atoms with van der Waals surface area (Å²) < 4.78 is 8.33. The summed E-state index contributed by atoms with van der Waals surface area (Å²) in [4.78, 5) is 22.9. The van der Waals surface area contributed by atoms with Crippen LogP contribution in [-0.4, -0.2) is 20.2 Å². The fraction of sp³-hybridized carbons (Fsp3) is 0.385. The molecule has 2 rings (SSSR count). The molecular weight excluding hydrogens is 248 g/mol. The van der Waals surface area contributed by atoms with E-state index in [0.717, 1.165) is 0 Å². The van der Waals surface area contributed by atoms with Gasteiger partial charge >= 0.3 is 11.7 Å². The Balaban J connectivity index is 2.29. The lowest BCUT2D eigenvalue weighted by molar-refractivity contribution is 0.0659. The Morgan fingerprint density at radius 3 is 2.58 bits per heavy atom. The lowest BCUT2D eigenvalue weighted by Gasteiger charge is -2.04. The molecule has 6 nitrogen and oxygen atoms in total. The topological polar surface area (TPSA) is 77.4 Å². The molecule has 0 fully saturated rings. The van der Waals surface area contributed by atoms with E-state index >= 15 is 0 Å². The molecule has 102 valence electrons. The van der Waals surface area contributed by atoms with Crippen molar-refractivity contribution in [3.8, 4) is 0 Å². The number of nitrogens with zero attached hydrogens (tertiary/aromatic N) is 2. The molecule has 0 aliphatic heterocycles. The van der Waals surface area contributed by atoms with E-state index in [2.05, 4.69) is 0 Å². The van der Waals surface area contributed by atoms with Gasteiger partial charge in [0, 0.05) is 24.0 Å². The number of aromatic nitrogens is 2. The van der Waals surface area contributed by atoms with Crippen molar-refractivity contribution < 1.29 is 14.3 Å². The summed E-state index contributed by atoms with van der Waals surface area (Å²) in [6, 6.07) is 1.73. The average Bonchev–Trinajstić information content (AvgIpc) is 2.84. The molecular formula is C13H16N2O4. The fourth-order valence-corrected chi connectivity index (χ4v) is 1.95. The Kier molecular flexibility index (Phi) is 3.33. The molecule has 0 atom stereocenters. The molecule has 0 spiro atoms. The smallest absolute Gasteiger partial charge is 0.372 e. The zero-order chi connectivity index (χ0) is 14.2. The van der Waals surface area contributed by atoms with Crippen molar-refractivity contribution in [2.24, 2.45) is 0 Å². The van der Waals surface area contributed by atoms with Gasteiger partial charge in [0.1, 0.15) is 5.76 Å². The second kappa shape index (κ2) is 4.79. The summed E-state index contributed by atoms with van der Waals surface area (Å²) in [7, 11) is 0. The molecule has 0 aromatic carbocycles. The minimum Gasteiger partial charge on any atom is -0.475 e. The van der Waals surface area contributed by atoms with Crippen LogP contribution in [0, 0.1) is 6.92 Å². The van der Waals surface area contributed by atoms with Gasteiger partial charge in [0.15, 0.2) is 0 Å². The highest BCUT2D eigenvalue weighted by Crippen LogP contribution is 2.15. The molecule has 0 unspecified atom stereocenters. The van der Waals surface area contributed by atoms with Crippen LogP contribution < -0.4 is 5.69 Å². The van der Waals surface area contributed by atoms with Crippen LogP contribution in [0.25, 0.3) is 0 Å². The molecule has 2 aromatic heterocycles. The third kappa shape index (κ3) is 2.47. The minimum atomic E-state index is -1.10. The van der Waals surface area contributed by atoms with Crippen molar-refractivity contribution >= 4 is 5.97 Å². The van der Waals surface area contributed by atoms with Crippen molar-refractivity contribution in [1.29, 1.82) is 0 Å². The van der Waals surface area contributed by atoms with E-state index in [1.165, 1.54) is 4.57 Å². The molecule has 0 aliphatic rings. The van der Waals surface area contributed by atoms with Gasteiger partial charge in [0.2, 0.25) is 5.76 Å². The Bertz CT molecular complexity index is 660. The van der Waals surface area contributed by atoms with Gasteiger partial charge in [-0.1, -0.05) is 0 Å². The van der Waals surface area contributed by atoms with Crippen LogP contribution in [0.15, 0.2) is 27.7 Å². The molecule has 19 heavy (non-hydrogen) atoms. The number of carboxylic acid groups (broad SMARTS) is 1. The number of imidazole rings is 1. The highest BCUT2D eigenvalue weighted by Gasteiger charge is 2.15. The van der Waals surface area contributed by atoms with E-state index in [1.54, 1.807) is 30.0 Å². The molecule has 0 aliphatic carbocycles. The van der Waals surface area contributed by atoms with Gasteiger partial charge in [-0.15, -0.1) is 0 Å². The second-order valence-electron chi connectivity index (χ2n) is 4.74. The molecule has 0 amide bonds. The molecule has 0 radical (unpaired) electrons. The number of hydrogen-bond donors (Lipinski definition) is 1. The van der Waals surface area contributed by atoms with E-state index in [0.29, 0.717) is 11.3 Å². The molecule has 0 saturated heterocycles. The first-order valence-electron chi connectivity index (χ1n) is 6.00. The zero-order valence-electron chi connectivity index (χ0n) is 11.1. The van der Waals surface area contributed by atoms with E-state index in [-0.39, 0.29) is 24.0 Å². The standard InChI is InChI=1S/C13H16N2O4/c1-8(2)15-5-4-14(13(15)18)7-10-6-9(3)11(19-10)12(16)17/h4-6,8H,7H2,1-3H3,(H,16,17). The van der Waals surface area contributed by atoms with E-state index in [1.807, 2.05) is 13.8 Å². The molecule has 2 heterocycles. The number of carbonyl (C=O) groups is 1. The molecule has 0 saturated carbocycles. The number of aryl methyl sites for hydroxylation is 1. The number of rotatable bonds is 4. The highest BCUT2D eigenvalue weighted by molar-refractivity contribution is 5.86. The predicted octanol–water partition coefficient (Wildman–Crippen LogP) is 1.88. The molecule has 1 N–H and O–H groups in total. The van der Waals surface area contributed by atoms with Gasteiger partial charge in [-0.05, 0) is 26.8 Å². The first kappa shape index (κ1) is 13.2. The largest absolute Gasteiger partial charge is 0.475 e. The van der Waals surface area contributed by atoms with Crippen LogP contribution in [0.1, 0.15) is 41.8 Å². The third-order valence-electron chi connectivity index (χ3n) is 2.92. The van der Waals surface area contributed by atoms with Crippen LogP contribution in [0.4, 0.5) is 0 Å². The van der Waals surface area contributed by atoms with Crippen LogP contribution >= 0.6 is 0 Å². The Morgan fingerprint density at radius 1 is 1.42 bits per heavy atom. The van der Waals surface area contributed by atoms with E-state index in [4.69, 9.17) is 9.52 Å². The van der Waals surface area contributed by atoms with E-state index in [9.17, 15) is 9.59 Å². The third-order valence-corrected chi connectivity index (χ3v) is 2.92. The van der Waals surface area contributed by atoms with Gasteiger partial charge in [-0.25, -0.2) is 9.59 Å². The van der Waals surface area contributed by atoms with Crippen LogP contribution in [0.5, 0.6) is 0 Å². The number of carboxylic acids is 1. The quantitative estimate of drug-likeness (QED) is 0.914. The van der Waals surface area contributed by atoms with Gasteiger partial charge in [-0.2, -0.15) is 0 Å².